The zero-order valence-electron chi connectivity index (χ0n) is 14.1. The number of hydrogen-bond donors (Lipinski definition) is 0. The Labute approximate surface area is 138 Å². The lowest BCUT2D eigenvalue weighted by molar-refractivity contribution is -0.148. The quantitative estimate of drug-likeness (QED) is 0.488. The van der Waals surface area contributed by atoms with Crippen molar-refractivity contribution in [2.24, 2.45) is 0 Å². The number of likely N-dealkylation sites (N-methyl/N-ethyl adjacent to an activating group) is 1. The molecule has 0 fully saturated rings. The summed E-state index contributed by atoms with van der Waals surface area (Å²) in [6, 6.07) is 8.12. The summed E-state index contributed by atoms with van der Waals surface area (Å²) in [7, 11) is 3.65. The number of ether oxygens (including phenoxy) is 3. The molecule has 0 heterocycles. The Morgan fingerprint density at radius 2 is 2.04 bits per heavy atom. The van der Waals surface area contributed by atoms with Crippen LogP contribution >= 0.6 is 0 Å². The van der Waals surface area contributed by atoms with Crippen LogP contribution in [0.15, 0.2) is 24.3 Å². The molecule has 1 aromatic rings. The van der Waals surface area contributed by atoms with Crippen molar-refractivity contribution in [3.63, 3.8) is 0 Å². The van der Waals surface area contributed by atoms with Gasteiger partial charge in [-0.2, -0.15) is 0 Å². The standard InChI is InChI=1S/C18H25NO4/c1-5-11-19(3)17(13-21-4)16-9-7-15(8-10-16)12-22-14-18(20)23-6-2/h1,7-10,17H,6,11-14H2,2-4H3. The molecule has 0 bridgehead atoms. The molecule has 0 saturated carbocycles. The van der Waals surface area contributed by atoms with Crippen LogP contribution in [0, 0.1) is 12.3 Å². The number of carbonyl (C=O) groups excluding carboxylic acids is 1. The third kappa shape index (κ3) is 6.83. The van der Waals surface area contributed by atoms with Crippen LogP contribution in [0.25, 0.3) is 0 Å². The van der Waals surface area contributed by atoms with Gasteiger partial charge < -0.3 is 14.2 Å². The van der Waals surface area contributed by atoms with Gasteiger partial charge in [0.1, 0.15) is 6.61 Å². The van der Waals surface area contributed by atoms with Crippen molar-refractivity contribution in [1.82, 2.24) is 4.90 Å². The van der Waals surface area contributed by atoms with Crippen LogP contribution in [0.4, 0.5) is 0 Å². The highest BCUT2D eigenvalue weighted by Gasteiger charge is 2.16. The zero-order valence-corrected chi connectivity index (χ0v) is 14.1. The van der Waals surface area contributed by atoms with Gasteiger partial charge in [0, 0.05) is 7.11 Å². The van der Waals surface area contributed by atoms with Crippen LogP contribution in [0.2, 0.25) is 0 Å². The van der Waals surface area contributed by atoms with Gasteiger partial charge in [0.2, 0.25) is 0 Å². The van der Waals surface area contributed by atoms with E-state index in [4.69, 9.17) is 20.6 Å². The third-order valence-corrected chi connectivity index (χ3v) is 3.36. The van der Waals surface area contributed by atoms with Crippen LogP contribution in [0.3, 0.4) is 0 Å². The number of nitrogens with zero attached hydrogens (tertiary/aromatic N) is 1. The maximum absolute atomic E-state index is 11.2. The SMILES string of the molecule is C#CCN(C)C(COC)c1ccc(COCC(=O)OCC)cc1. The van der Waals surface area contributed by atoms with Crippen molar-refractivity contribution in [3.8, 4) is 12.3 Å². The van der Waals surface area contributed by atoms with Crippen LogP contribution in [0.5, 0.6) is 0 Å². The number of hydrogen-bond acceptors (Lipinski definition) is 5. The Hall–Kier alpha value is -1.87. The highest BCUT2D eigenvalue weighted by molar-refractivity contribution is 5.70. The zero-order chi connectivity index (χ0) is 17.1. The van der Waals surface area contributed by atoms with Crippen molar-refractivity contribution in [3.05, 3.63) is 35.4 Å². The average Bonchev–Trinajstić information content (AvgIpc) is 2.54. The van der Waals surface area contributed by atoms with E-state index < -0.39 is 0 Å². The van der Waals surface area contributed by atoms with Gasteiger partial charge in [-0.3, -0.25) is 4.90 Å². The van der Waals surface area contributed by atoms with Gasteiger partial charge >= 0.3 is 5.97 Å². The maximum Gasteiger partial charge on any atom is 0.332 e. The summed E-state index contributed by atoms with van der Waals surface area (Å²) in [6.45, 7) is 3.59. The molecule has 0 aromatic heterocycles. The smallest absolute Gasteiger partial charge is 0.332 e. The van der Waals surface area contributed by atoms with E-state index in [0.717, 1.165) is 11.1 Å². The van der Waals surface area contributed by atoms with Crippen LogP contribution < -0.4 is 0 Å². The summed E-state index contributed by atoms with van der Waals surface area (Å²) < 4.78 is 15.4. The van der Waals surface area contributed by atoms with Crippen LogP contribution in [-0.2, 0) is 25.6 Å². The number of benzene rings is 1. The lowest BCUT2D eigenvalue weighted by atomic mass is 10.0. The van der Waals surface area contributed by atoms with Gasteiger partial charge in [-0.15, -0.1) is 6.42 Å². The third-order valence-electron chi connectivity index (χ3n) is 3.36. The van der Waals surface area contributed by atoms with E-state index in [2.05, 4.69) is 10.8 Å². The lowest BCUT2D eigenvalue weighted by Crippen LogP contribution is -2.28. The summed E-state index contributed by atoms with van der Waals surface area (Å²) in [5, 5.41) is 0. The molecule has 1 atom stereocenters. The van der Waals surface area contributed by atoms with Gasteiger partial charge in [0.05, 0.1) is 32.4 Å². The first kappa shape index (κ1) is 19.2. The molecule has 0 aliphatic heterocycles. The highest BCUT2D eigenvalue weighted by atomic mass is 16.6. The van der Waals surface area contributed by atoms with Crippen LogP contribution in [0.1, 0.15) is 24.1 Å². The maximum atomic E-state index is 11.2. The molecule has 5 nitrogen and oxygen atoms in total. The summed E-state index contributed by atoms with van der Waals surface area (Å²) >= 11 is 0. The summed E-state index contributed by atoms with van der Waals surface area (Å²) in [6.07, 6.45) is 5.38. The van der Waals surface area contributed by atoms with Gasteiger partial charge in [-0.1, -0.05) is 30.2 Å². The molecule has 0 N–H and O–H groups in total. The largest absolute Gasteiger partial charge is 0.464 e. The molecule has 1 aromatic carbocycles. The first-order valence-corrected chi connectivity index (χ1v) is 7.57. The molecule has 126 valence electrons. The van der Waals surface area contributed by atoms with Crippen molar-refractivity contribution < 1.29 is 19.0 Å². The molecule has 0 aliphatic rings. The Morgan fingerprint density at radius 1 is 1.35 bits per heavy atom. The predicted octanol–water partition coefficient (Wildman–Crippen LogP) is 2.02. The van der Waals surface area contributed by atoms with Gasteiger partial charge in [-0.25, -0.2) is 4.79 Å². The van der Waals surface area contributed by atoms with Crippen molar-refractivity contribution >= 4 is 5.97 Å². The van der Waals surface area contributed by atoms with E-state index in [0.29, 0.717) is 26.4 Å². The molecule has 0 saturated heterocycles. The number of terminal acetylenes is 1. The second-order valence-corrected chi connectivity index (χ2v) is 5.13. The minimum absolute atomic E-state index is 0.0349. The molecule has 1 rings (SSSR count). The van der Waals surface area contributed by atoms with Crippen molar-refractivity contribution in [1.29, 1.82) is 0 Å². The number of methoxy groups -OCH3 is 1. The minimum atomic E-state index is -0.347. The Balaban J connectivity index is 2.59. The van der Waals surface area contributed by atoms with Gasteiger partial charge in [0.25, 0.3) is 0 Å². The normalized spacial score (nSPS) is 12.0. The topological polar surface area (TPSA) is 48.0 Å². The van der Waals surface area contributed by atoms with E-state index in [1.807, 2.05) is 31.3 Å². The molecule has 0 radical (unpaired) electrons. The molecule has 0 amide bonds. The van der Waals surface area contributed by atoms with E-state index in [9.17, 15) is 4.79 Å². The first-order chi connectivity index (χ1) is 11.1. The fourth-order valence-corrected chi connectivity index (χ4v) is 2.18. The van der Waals surface area contributed by atoms with E-state index in [1.54, 1.807) is 14.0 Å². The highest BCUT2D eigenvalue weighted by Crippen LogP contribution is 2.20. The summed E-state index contributed by atoms with van der Waals surface area (Å²) in [4.78, 5) is 13.3. The van der Waals surface area contributed by atoms with Crippen molar-refractivity contribution in [2.75, 3.05) is 40.5 Å². The fourth-order valence-electron chi connectivity index (χ4n) is 2.18. The van der Waals surface area contributed by atoms with Crippen LogP contribution in [-0.4, -0.2) is 51.4 Å². The Morgan fingerprint density at radius 3 is 2.61 bits per heavy atom. The molecule has 5 heteroatoms. The summed E-state index contributed by atoms with van der Waals surface area (Å²) in [5.41, 5.74) is 2.12. The average molecular weight is 319 g/mol. The second-order valence-electron chi connectivity index (χ2n) is 5.13. The second kappa shape index (κ2) is 10.8. The molecule has 23 heavy (non-hydrogen) atoms. The molecule has 0 aliphatic carbocycles. The summed E-state index contributed by atoms with van der Waals surface area (Å²) in [5.74, 6) is 2.30. The van der Waals surface area contributed by atoms with E-state index in [-0.39, 0.29) is 18.6 Å². The fraction of sp³-hybridized carbons (Fsp3) is 0.500. The first-order valence-electron chi connectivity index (χ1n) is 7.57. The van der Waals surface area contributed by atoms with Gasteiger partial charge in [-0.05, 0) is 25.1 Å². The number of carbonyl (C=O) groups is 1. The van der Waals surface area contributed by atoms with Gasteiger partial charge in [0.15, 0.2) is 0 Å². The lowest BCUT2D eigenvalue weighted by Gasteiger charge is -2.26. The van der Waals surface area contributed by atoms with E-state index >= 15 is 0 Å². The Kier molecular flexibility index (Phi) is 9.00. The molecular formula is C18H25NO4. The molecule has 1 unspecified atom stereocenters. The molecular weight excluding hydrogens is 294 g/mol. The number of esters is 1. The van der Waals surface area contributed by atoms with Crippen molar-refractivity contribution in [2.45, 2.75) is 19.6 Å². The minimum Gasteiger partial charge on any atom is -0.464 e. The predicted molar refractivity (Wildman–Crippen MR) is 88.8 cm³/mol. The van der Waals surface area contributed by atoms with E-state index in [1.165, 1.54) is 0 Å². The number of rotatable bonds is 10. The Bertz CT molecular complexity index is 507. The monoisotopic (exact) mass is 319 g/mol. The molecule has 0 spiro atoms.